The van der Waals surface area contributed by atoms with E-state index >= 15 is 0 Å². The zero-order valence-electron chi connectivity index (χ0n) is 9.38. The first kappa shape index (κ1) is 18.2. The Morgan fingerprint density at radius 3 is 2.11 bits per heavy atom. The van der Waals surface area contributed by atoms with E-state index in [4.69, 9.17) is 10.2 Å². The molecule has 6 atom stereocenters. The van der Waals surface area contributed by atoms with Gasteiger partial charge in [0.15, 0.2) is 11.8 Å². The molecule has 2 unspecified atom stereocenters. The van der Waals surface area contributed by atoms with Gasteiger partial charge in [0.2, 0.25) is 0 Å². The number of hydrogen-bond acceptors (Lipinski definition) is 8. The summed E-state index contributed by atoms with van der Waals surface area (Å²) in [5.41, 5.74) is -2.84. The number of aliphatic hydroxyl groups excluding tert-OH is 4. The standard InChI is InChI=1S/C7H13FO8S.Li/c8-3(17(13,14)15)1-2-4(9)5(10)6(11)7(12)16-2;/h2-7,9-12H,1H2,(H,13,14,15);/q;+1/p-1/t2-,3?,4-,5+,6-,7?;/m1./s1. The Balaban J connectivity index is 0.00000289. The van der Waals surface area contributed by atoms with Crippen LogP contribution in [-0.2, 0) is 14.9 Å². The Morgan fingerprint density at radius 2 is 1.67 bits per heavy atom. The van der Waals surface area contributed by atoms with Crippen LogP contribution < -0.4 is 18.9 Å². The summed E-state index contributed by atoms with van der Waals surface area (Å²) in [4.78, 5) is 0. The Kier molecular flexibility index (Phi) is 6.69. The van der Waals surface area contributed by atoms with E-state index in [1.54, 1.807) is 0 Å². The van der Waals surface area contributed by atoms with Crippen LogP contribution in [0.25, 0.3) is 0 Å². The van der Waals surface area contributed by atoms with Crippen LogP contribution >= 0.6 is 0 Å². The van der Waals surface area contributed by atoms with Crippen molar-refractivity contribution in [1.29, 1.82) is 0 Å². The second-order valence-electron chi connectivity index (χ2n) is 3.68. The molecule has 1 aliphatic heterocycles. The topological polar surface area (TPSA) is 147 Å². The zero-order chi connectivity index (χ0) is 13.4. The molecule has 0 aromatic rings. The van der Waals surface area contributed by atoms with Crippen LogP contribution in [0.5, 0.6) is 0 Å². The number of alkyl halides is 1. The minimum absolute atomic E-state index is 0. The number of aliphatic hydroxyl groups is 4. The van der Waals surface area contributed by atoms with Gasteiger partial charge in [-0.1, -0.05) is 0 Å². The summed E-state index contributed by atoms with van der Waals surface area (Å²) in [6, 6.07) is 0. The van der Waals surface area contributed by atoms with Gasteiger partial charge in [-0.05, 0) is 0 Å². The molecular weight excluding hydrogens is 270 g/mol. The predicted octanol–water partition coefficient (Wildman–Crippen LogP) is -5.98. The fourth-order valence-corrected chi connectivity index (χ4v) is 1.85. The van der Waals surface area contributed by atoms with Crippen molar-refractivity contribution in [1.82, 2.24) is 0 Å². The van der Waals surface area contributed by atoms with Gasteiger partial charge in [-0.25, -0.2) is 12.8 Å². The third kappa shape index (κ3) is 4.12. The van der Waals surface area contributed by atoms with Crippen LogP contribution in [0, 0.1) is 0 Å². The summed E-state index contributed by atoms with van der Waals surface area (Å²) in [7, 11) is -5.21. The van der Waals surface area contributed by atoms with E-state index in [0.29, 0.717) is 0 Å². The Labute approximate surface area is 114 Å². The molecule has 8 nitrogen and oxygen atoms in total. The summed E-state index contributed by atoms with van der Waals surface area (Å²) in [5, 5.41) is 36.7. The third-order valence-corrected chi connectivity index (χ3v) is 3.24. The maximum Gasteiger partial charge on any atom is 1.00 e. The molecule has 1 rings (SSSR count). The van der Waals surface area contributed by atoms with Gasteiger partial charge < -0.3 is 29.7 Å². The summed E-state index contributed by atoms with van der Waals surface area (Å²) < 4.78 is 48.3. The molecule has 18 heavy (non-hydrogen) atoms. The largest absolute Gasteiger partial charge is 1.00 e. The normalized spacial score (nSPS) is 38.9. The fraction of sp³-hybridized carbons (Fsp3) is 1.00. The van der Waals surface area contributed by atoms with Crippen LogP contribution in [-0.4, -0.2) is 69.6 Å². The van der Waals surface area contributed by atoms with Crippen molar-refractivity contribution in [2.24, 2.45) is 0 Å². The van der Waals surface area contributed by atoms with Gasteiger partial charge in [-0.3, -0.25) is 0 Å². The molecule has 0 aromatic heterocycles. The zero-order valence-corrected chi connectivity index (χ0v) is 10.2. The molecule has 4 N–H and O–H groups in total. The SMILES string of the molecule is O=S(=O)([O-])C(F)C[C@H]1OC(O)[C@H](O)[C@@H](O)[C@@H]1O.[Li+]. The van der Waals surface area contributed by atoms with Gasteiger partial charge in [0.1, 0.15) is 28.4 Å². The van der Waals surface area contributed by atoms with E-state index < -0.39 is 52.7 Å². The number of rotatable bonds is 3. The first-order valence-corrected chi connectivity index (χ1v) is 6.08. The van der Waals surface area contributed by atoms with Crippen LogP contribution in [0.2, 0.25) is 0 Å². The molecule has 0 spiro atoms. The maximum absolute atomic E-state index is 12.9. The van der Waals surface area contributed by atoms with Crippen LogP contribution in [0.3, 0.4) is 0 Å². The van der Waals surface area contributed by atoms with Gasteiger partial charge in [-0.2, -0.15) is 0 Å². The third-order valence-electron chi connectivity index (χ3n) is 2.42. The van der Waals surface area contributed by atoms with E-state index in [2.05, 4.69) is 4.74 Å². The molecular formula is C7H12FLiO8S. The van der Waals surface area contributed by atoms with Crippen molar-refractivity contribution < 1.29 is 61.4 Å². The molecule has 0 saturated carbocycles. The average molecular weight is 282 g/mol. The first-order chi connectivity index (χ1) is 7.64. The number of halogens is 1. The van der Waals surface area contributed by atoms with Crippen molar-refractivity contribution in [3.8, 4) is 0 Å². The minimum atomic E-state index is -5.21. The van der Waals surface area contributed by atoms with Gasteiger partial charge in [0.25, 0.3) is 0 Å². The van der Waals surface area contributed by atoms with Crippen LogP contribution in [0.1, 0.15) is 6.42 Å². The number of ether oxygens (including phenoxy) is 1. The monoisotopic (exact) mass is 282 g/mol. The van der Waals surface area contributed by atoms with Gasteiger partial charge in [-0.15, -0.1) is 0 Å². The molecule has 0 aromatic carbocycles. The van der Waals surface area contributed by atoms with Crippen LogP contribution in [0.15, 0.2) is 0 Å². The molecule has 0 aliphatic carbocycles. The van der Waals surface area contributed by atoms with E-state index in [-0.39, 0.29) is 18.9 Å². The molecule has 102 valence electrons. The first-order valence-electron chi connectivity index (χ1n) is 4.61. The van der Waals surface area contributed by atoms with Gasteiger partial charge >= 0.3 is 18.9 Å². The van der Waals surface area contributed by atoms with E-state index in [1.807, 2.05) is 0 Å². The summed E-state index contributed by atoms with van der Waals surface area (Å²) >= 11 is 0. The second kappa shape index (κ2) is 6.60. The Morgan fingerprint density at radius 1 is 1.17 bits per heavy atom. The summed E-state index contributed by atoms with van der Waals surface area (Å²) in [6.45, 7) is 0. The molecule has 11 heteroatoms. The molecule has 0 bridgehead atoms. The second-order valence-corrected chi connectivity index (χ2v) is 5.17. The van der Waals surface area contributed by atoms with Gasteiger partial charge in [0.05, 0.1) is 6.10 Å². The van der Waals surface area contributed by atoms with E-state index in [9.17, 15) is 27.6 Å². The van der Waals surface area contributed by atoms with Crippen LogP contribution in [0.4, 0.5) is 4.39 Å². The van der Waals surface area contributed by atoms with E-state index in [1.165, 1.54) is 0 Å². The van der Waals surface area contributed by atoms with E-state index in [0.717, 1.165) is 0 Å². The average Bonchev–Trinajstić information content (AvgIpc) is 2.21. The molecule has 1 saturated heterocycles. The molecule has 0 radical (unpaired) electrons. The Hall–Kier alpha value is 0.237. The van der Waals surface area contributed by atoms with Crippen molar-refractivity contribution in [3.63, 3.8) is 0 Å². The summed E-state index contributed by atoms with van der Waals surface area (Å²) in [5.74, 6) is 0. The minimum Gasteiger partial charge on any atom is -0.746 e. The fourth-order valence-electron chi connectivity index (χ4n) is 1.43. The molecule has 1 heterocycles. The quantitative estimate of drug-likeness (QED) is 0.295. The van der Waals surface area contributed by atoms with Gasteiger partial charge in [0, 0.05) is 6.42 Å². The molecule has 1 fully saturated rings. The van der Waals surface area contributed by atoms with Crippen molar-refractivity contribution in [2.75, 3.05) is 0 Å². The van der Waals surface area contributed by atoms with Crippen molar-refractivity contribution in [2.45, 2.75) is 42.6 Å². The predicted molar refractivity (Wildman–Crippen MR) is 48.1 cm³/mol. The van der Waals surface area contributed by atoms with Crippen molar-refractivity contribution in [3.05, 3.63) is 0 Å². The smallest absolute Gasteiger partial charge is 0.746 e. The Bertz CT molecular complexity index is 364. The molecule has 1 aliphatic rings. The summed E-state index contributed by atoms with van der Waals surface area (Å²) in [6.07, 6.45) is -10.0. The van der Waals surface area contributed by atoms with Crippen molar-refractivity contribution >= 4 is 10.1 Å². The maximum atomic E-state index is 12.9. The molecule has 0 amide bonds. The number of hydrogen-bond donors (Lipinski definition) is 4.